The molecule has 1 saturated carbocycles. The quantitative estimate of drug-likeness (QED) is 0.767. The summed E-state index contributed by atoms with van der Waals surface area (Å²) < 4.78 is 41.0. The zero-order valence-electron chi connectivity index (χ0n) is 13.7. The van der Waals surface area contributed by atoms with Crippen molar-refractivity contribution < 1.29 is 27.8 Å². The summed E-state index contributed by atoms with van der Waals surface area (Å²) in [4.78, 5) is 21.5. The molecule has 3 rings (SSSR count). The second kappa shape index (κ2) is 7.59. The Balaban J connectivity index is 1.52. The summed E-state index contributed by atoms with van der Waals surface area (Å²) in [6, 6.07) is 0. The highest BCUT2D eigenvalue weighted by Gasteiger charge is 2.38. The molecule has 11 heteroatoms. The van der Waals surface area contributed by atoms with Gasteiger partial charge in [0.15, 0.2) is 5.13 Å². The van der Waals surface area contributed by atoms with Crippen molar-refractivity contribution in [2.45, 2.75) is 38.7 Å². The van der Waals surface area contributed by atoms with Crippen molar-refractivity contribution >= 4 is 33.7 Å². The van der Waals surface area contributed by atoms with Gasteiger partial charge in [-0.1, -0.05) is 0 Å². The fourth-order valence-electron chi connectivity index (χ4n) is 2.53. The molecule has 0 unspecified atom stereocenters. The van der Waals surface area contributed by atoms with Crippen LogP contribution in [0.2, 0.25) is 0 Å². The number of aliphatic hydroxyl groups is 1. The molecule has 2 aromatic rings. The number of halogens is 3. The van der Waals surface area contributed by atoms with Crippen LogP contribution in [0.25, 0.3) is 10.6 Å². The molecule has 0 bridgehead atoms. The standard InChI is InChI=1S/C15H16F3N3O3S2/c1-7-12(26-11(4-22)19-7)10-5-25-14(20-10)21-13(23)8-2-9(3-8)24-6-15(16,17)18/h5,8-9,22H,2-4,6H2,1H3,(H,20,21,23)/t8-,9-. The summed E-state index contributed by atoms with van der Waals surface area (Å²) in [6.45, 7) is 0.391. The number of ether oxygens (including phenoxy) is 1. The third kappa shape index (κ3) is 4.58. The molecule has 2 heterocycles. The SMILES string of the molecule is Cc1nc(CO)sc1-c1csc(NC(=O)[C@H]2C[C@H](OCC(F)(F)F)C2)n1. The molecule has 1 amide bonds. The van der Waals surface area contributed by atoms with Crippen LogP contribution in [0.15, 0.2) is 5.38 Å². The van der Waals surface area contributed by atoms with E-state index in [-0.39, 0.29) is 31.3 Å². The van der Waals surface area contributed by atoms with Crippen molar-refractivity contribution in [1.29, 1.82) is 0 Å². The number of aliphatic hydroxyl groups excluding tert-OH is 1. The van der Waals surface area contributed by atoms with Crippen molar-refractivity contribution in [1.82, 2.24) is 9.97 Å². The van der Waals surface area contributed by atoms with Gasteiger partial charge in [-0.15, -0.1) is 22.7 Å². The van der Waals surface area contributed by atoms with E-state index >= 15 is 0 Å². The summed E-state index contributed by atoms with van der Waals surface area (Å²) >= 11 is 2.59. The molecule has 2 N–H and O–H groups in total. The number of aryl methyl sites for hydroxylation is 1. The fraction of sp³-hybridized carbons (Fsp3) is 0.533. The van der Waals surface area contributed by atoms with E-state index in [0.717, 1.165) is 10.6 Å². The molecule has 0 atom stereocenters. The van der Waals surface area contributed by atoms with E-state index in [1.165, 1.54) is 22.7 Å². The number of hydrogen-bond acceptors (Lipinski definition) is 7. The molecule has 26 heavy (non-hydrogen) atoms. The van der Waals surface area contributed by atoms with E-state index in [1.54, 1.807) is 5.38 Å². The van der Waals surface area contributed by atoms with Gasteiger partial charge in [0, 0.05) is 11.3 Å². The monoisotopic (exact) mass is 407 g/mol. The Morgan fingerprint density at radius 3 is 2.77 bits per heavy atom. The van der Waals surface area contributed by atoms with Crippen molar-refractivity contribution in [2.24, 2.45) is 5.92 Å². The van der Waals surface area contributed by atoms with Crippen LogP contribution in [0.4, 0.5) is 18.3 Å². The zero-order chi connectivity index (χ0) is 18.9. The number of aromatic nitrogens is 2. The summed E-state index contributed by atoms with van der Waals surface area (Å²) in [5.74, 6) is -0.637. The molecule has 1 aliphatic carbocycles. The maximum absolute atomic E-state index is 12.1. The topological polar surface area (TPSA) is 84.3 Å². The van der Waals surface area contributed by atoms with Crippen LogP contribution in [0.5, 0.6) is 0 Å². The molecule has 0 saturated heterocycles. The second-order valence-electron chi connectivity index (χ2n) is 5.92. The van der Waals surface area contributed by atoms with Crippen LogP contribution < -0.4 is 5.32 Å². The van der Waals surface area contributed by atoms with Crippen molar-refractivity contribution in [3.8, 4) is 10.6 Å². The zero-order valence-corrected chi connectivity index (χ0v) is 15.3. The number of rotatable bonds is 6. The van der Waals surface area contributed by atoms with Crippen molar-refractivity contribution in [3.05, 3.63) is 16.1 Å². The number of alkyl halides is 3. The van der Waals surface area contributed by atoms with Gasteiger partial charge in [-0.2, -0.15) is 13.2 Å². The Kier molecular flexibility index (Phi) is 5.61. The largest absolute Gasteiger partial charge is 0.411 e. The van der Waals surface area contributed by atoms with Crippen LogP contribution in [0, 0.1) is 12.8 Å². The summed E-state index contributed by atoms with van der Waals surface area (Å²) in [5, 5.41) is 14.6. The summed E-state index contributed by atoms with van der Waals surface area (Å²) in [7, 11) is 0. The highest BCUT2D eigenvalue weighted by molar-refractivity contribution is 7.17. The molecule has 2 aromatic heterocycles. The van der Waals surface area contributed by atoms with Crippen LogP contribution in [-0.2, 0) is 16.1 Å². The van der Waals surface area contributed by atoms with Gasteiger partial charge in [0.1, 0.15) is 11.6 Å². The van der Waals surface area contributed by atoms with Crippen LogP contribution in [-0.4, -0.2) is 39.9 Å². The predicted octanol–water partition coefficient (Wildman–Crippen LogP) is 3.36. The van der Waals surface area contributed by atoms with E-state index in [9.17, 15) is 18.0 Å². The lowest BCUT2D eigenvalue weighted by Crippen LogP contribution is -2.40. The van der Waals surface area contributed by atoms with Gasteiger partial charge in [-0.05, 0) is 19.8 Å². The first-order chi connectivity index (χ1) is 12.2. The van der Waals surface area contributed by atoms with E-state index in [0.29, 0.717) is 15.8 Å². The second-order valence-corrected chi connectivity index (χ2v) is 7.87. The minimum absolute atomic E-state index is 0.140. The predicted molar refractivity (Wildman–Crippen MR) is 91.0 cm³/mol. The van der Waals surface area contributed by atoms with Crippen molar-refractivity contribution in [2.75, 3.05) is 11.9 Å². The number of thiazole rings is 2. The average Bonchev–Trinajstić information content (AvgIpc) is 3.10. The molecule has 1 fully saturated rings. The first-order valence-electron chi connectivity index (χ1n) is 7.77. The molecule has 6 nitrogen and oxygen atoms in total. The van der Waals surface area contributed by atoms with Crippen molar-refractivity contribution in [3.63, 3.8) is 0 Å². The molecule has 0 radical (unpaired) electrons. The normalized spacial score (nSPS) is 20.0. The fourth-order valence-corrected chi connectivity index (χ4v) is 4.19. The third-order valence-corrected chi connectivity index (χ3v) is 5.81. The maximum atomic E-state index is 12.1. The van der Waals surface area contributed by atoms with Gasteiger partial charge in [-0.3, -0.25) is 4.79 Å². The Hall–Kier alpha value is -1.56. The molecule has 0 aromatic carbocycles. The number of carbonyl (C=O) groups is 1. The minimum atomic E-state index is -4.35. The third-order valence-electron chi connectivity index (χ3n) is 3.89. The Morgan fingerprint density at radius 1 is 1.42 bits per heavy atom. The lowest BCUT2D eigenvalue weighted by Gasteiger charge is -2.33. The van der Waals surface area contributed by atoms with Crippen LogP contribution in [0.3, 0.4) is 0 Å². The molecular formula is C15H16F3N3O3S2. The number of amides is 1. The molecule has 142 valence electrons. The lowest BCUT2D eigenvalue weighted by atomic mass is 9.81. The molecule has 0 spiro atoms. The first-order valence-corrected chi connectivity index (χ1v) is 9.47. The molecule has 1 aliphatic rings. The smallest absolute Gasteiger partial charge is 0.389 e. The molecular weight excluding hydrogens is 391 g/mol. The number of nitrogens with zero attached hydrogens (tertiary/aromatic N) is 2. The Morgan fingerprint density at radius 2 is 2.15 bits per heavy atom. The van der Waals surface area contributed by atoms with E-state index in [4.69, 9.17) is 9.84 Å². The van der Waals surface area contributed by atoms with Gasteiger partial charge < -0.3 is 15.2 Å². The van der Waals surface area contributed by atoms with Gasteiger partial charge in [-0.25, -0.2) is 9.97 Å². The Labute approximate surface area is 155 Å². The average molecular weight is 407 g/mol. The number of nitrogens with one attached hydrogen (secondary N) is 1. The Bertz CT molecular complexity index is 785. The van der Waals surface area contributed by atoms with Gasteiger partial charge in [0.05, 0.1) is 29.0 Å². The molecule has 0 aliphatic heterocycles. The number of hydrogen-bond donors (Lipinski definition) is 2. The van der Waals surface area contributed by atoms with Gasteiger partial charge in [0.25, 0.3) is 0 Å². The highest BCUT2D eigenvalue weighted by Crippen LogP contribution is 2.35. The van der Waals surface area contributed by atoms with Gasteiger partial charge >= 0.3 is 6.18 Å². The van der Waals surface area contributed by atoms with Crippen LogP contribution >= 0.6 is 22.7 Å². The number of carbonyl (C=O) groups excluding carboxylic acids is 1. The van der Waals surface area contributed by atoms with Gasteiger partial charge in [0.2, 0.25) is 5.91 Å². The minimum Gasteiger partial charge on any atom is -0.389 e. The van der Waals surface area contributed by atoms with E-state index < -0.39 is 18.9 Å². The number of anilines is 1. The lowest BCUT2D eigenvalue weighted by molar-refractivity contribution is -0.196. The van der Waals surface area contributed by atoms with E-state index in [2.05, 4.69) is 15.3 Å². The maximum Gasteiger partial charge on any atom is 0.411 e. The van der Waals surface area contributed by atoms with Crippen LogP contribution in [0.1, 0.15) is 23.5 Å². The highest BCUT2D eigenvalue weighted by atomic mass is 32.1. The summed E-state index contributed by atoms with van der Waals surface area (Å²) in [6.07, 6.45) is -4.34. The summed E-state index contributed by atoms with van der Waals surface area (Å²) in [5.41, 5.74) is 1.42. The first kappa shape index (κ1) is 19.2. The van der Waals surface area contributed by atoms with E-state index in [1.807, 2.05) is 6.92 Å².